The van der Waals surface area contributed by atoms with E-state index in [2.05, 4.69) is 0 Å². The molecule has 0 rings (SSSR count). The highest BCUT2D eigenvalue weighted by Gasteiger charge is 2.28. The number of hydrogen-bond donors (Lipinski definition) is 0. The first-order valence-corrected chi connectivity index (χ1v) is 2.17. The number of halogens is 3. The fraction of sp³-hybridized carbons (Fsp3) is 0.500. The first-order valence-electron chi connectivity index (χ1n) is 1.29. The van der Waals surface area contributed by atoms with Gasteiger partial charge in [0.25, 0.3) is 0 Å². The van der Waals surface area contributed by atoms with Crippen molar-refractivity contribution in [2.24, 2.45) is 0 Å². The standard InChI is InChI=1S/C2HF3NP/c3-2(4,1-6)7-5/h7H. The molecule has 0 aromatic rings. The maximum Gasteiger partial charge on any atom is 0.374 e. The van der Waals surface area contributed by atoms with Crippen LogP contribution in [0.4, 0.5) is 13.0 Å². The fourth-order valence-corrected chi connectivity index (χ4v) is 0.0634. The summed E-state index contributed by atoms with van der Waals surface area (Å²) < 4.78 is 33.1. The Morgan fingerprint density at radius 1 is 1.57 bits per heavy atom. The van der Waals surface area contributed by atoms with Crippen LogP contribution in [0.2, 0.25) is 0 Å². The average molecular weight is 127 g/mol. The molecule has 5 heteroatoms. The molecule has 0 spiro atoms. The van der Waals surface area contributed by atoms with E-state index in [1.807, 2.05) is 0 Å². The lowest BCUT2D eigenvalue weighted by molar-refractivity contribution is 0.161. The zero-order valence-corrected chi connectivity index (χ0v) is 4.08. The van der Waals surface area contributed by atoms with Gasteiger partial charge in [0.2, 0.25) is 0 Å². The largest absolute Gasteiger partial charge is 0.374 e. The molecule has 0 aromatic heterocycles. The van der Waals surface area contributed by atoms with Crippen LogP contribution in [-0.2, 0) is 0 Å². The molecular weight excluding hydrogens is 126 g/mol. The molecule has 0 fully saturated rings. The summed E-state index contributed by atoms with van der Waals surface area (Å²) in [6.07, 6.45) is 0. The van der Waals surface area contributed by atoms with Gasteiger partial charge in [-0.2, -0.15) is 14.0 Å². The molecule has 0 radical (unpaired) electrons. The highest BCUT2D eigenvalue weighted by Crippen LogP contribution is 2.34. The molecule has 7 heavy (non-hydrogen) atoms. The third kappa shape index (κ3) is 2.41. The van der Waals surface area contributed by atoms with E-state index in [0.717, 1.165) is 0 Å². The van der Waals surface area contributed by atoms with Gasteiger partial charge in [0.15, 0.2) is 8.89 Å². The number of alkyl halides is 2. The van der Waals surface area contributed by atoms with Gasteiger partial charge < -0.3 is 0 Å². The third-order valence-electron chi connectivity index (χ3n) is 0.259. The maximum atomic E-state index is 11.2. The normalized spacial score (nSPS) is 12.3. The van der Waals surface area contributed by atoms with Gasteiger partial charge in [-0.15, -0.1) is 0 Å². The Hall–Kier alpha value is -0.290. The van der Waals surface area contributed by atoms with Gasteiger partial charge in [0.1, 0.15) is 6.07 Å². The Labute approximate surface area is 40.0 Å². The summed E-state index contributed by atoms with van der Waals surface area (Å²) in [5.74, 6) is 0. The Morgan fingerprint density at radius 2 is 2.00 bits per heavy atom. The zero-order chi connectivity index (χ0) is 5.91. The number of hydrogen-bond acceptors (Lipinski definition) is 1. The molecule has 0 N–H and O–H groups in total. The van der Waals surface area contributed by atoms with Crippen LogP contribution in [0, 0.1) is 11.3 Å². The Bertz CT molecular complexity index is 95.6. The van der Waals surface area contributed by atoms with Crippen LogP contribution in [0.3, 0.4) is 0 Å². The van der Waals surface area contributed by atoms with Crippen LogP contribution in [0.5, 0.6) is 0 Å². The minimum Gasteiger partial charge on any atom is -0.223 e. The van der Waals surface area contributed by atoms with E-state index in [1.54, 1.807) is 0 Å². The highest BCUT2D eigenvalue weighted by molar-refractivity contribution is 7.33. The molecule has 0 saturated carbocycles. The minimum absolute atomic E-state index is 0.495. The molecule has 1 nitrogen and oxygen atoms in total. The molecule has 0 aliphatic rings. The first kappa shape index (κ1) is 6.71. The summed E-state index contributed by atoms with van der Waals surface area (Å²) in [5, 5.41) is 7.36. The van der Waals surface area contributed by atoms with E-state index < -0.39 is 14.6 Å². The van der Waals surface area contributed by atoms with Crippen molar-refractivity contribution in [1.82, 2.24) is 0 Å². The van der Waals surface area contributed by atoms with Crippen molar-refractivity contribution in [3.8, 4) is 6.07 Å². The van der Waals surface area contributed by atoms with Crippen molar-refractivity contribution in [2.45, 2.75) is 5.66 Å². The Kier molecular flexibility index (Phi) is 2.04. The summed E-state index contributed by atoms with van der Waals surface area (Å²) in [4.78, 5) is 0. The van der Waals surface area contributed by atoms with Gasteiger partial charge in [-0.3, -0.25) is 0 Å². The van der Waals surface area contributed by atoms with Crippen molar-refractivity contribution in [2.75, 3.05) is 0 Å². The summed E-state index contributed by atoms with van der Waals surface area (Å²) >= 11 is 0. The predicted molar refractivity (Wildman–Crippen MR) is 20.0 cm³/mol. The predicted octanol–water partition coefficient (Wildman–Crippen LogP) is 1.67. The molecule has 0 aliphatic carbocycles. The number of nitrogens with zero attached hydrogens (tertiary/aromatic N) is 1. The van der Waals surface area contributed by atoms with Crippen LogP contribution >= 0.6 is 8.89 Å². The van der Waals surface area contributed by atoms with E-state index in [1.165, 1.54) is 0 Å². The SMILES string of the molecule is N#CC(F)(F)PF. The van der Waals surface area contributed by atoms with Gasteiger partial charge in [0, 0.05) is 0 Å². The Balaban J connectivity index is 3.66. The van der Waals surface area contributed by atoms with Gasteiger partial charge in [0.05, 0.1) is 0 Å². The number of nitriles is 1. The van der Waals surface area contributed by atoms with E-state index in [9.17, 15) is 13.0 Å². The smallest absolute Gasteiger partial charge is 0.223 e. The molecule has 1 atom stereocenters. The quantitative estimate of drug-likeness (QED) is 0.491. The van der Waals surface area contributed by atoms with Crippen molar-refractivity contribution in [3.63, 3.8) is 0 Å². The van der Waals surface area contributed by atoms with E-state index in [0.29, 0.717) is 6.07 Å². The lowest BCUT2D eigenvalue weighted by Crippen LogP contribution is -1.99. The van der Waals surface area contributed by atoms with E-state index in [4.69, 9.17) is 5.26 Å². The van der Waals surface area contributed by atoms with Gasteiger partial charge in [-0.1, -0.05) is 0 Å². The summed E-state index contributed by atoms with van der Waals surface area (Å²) in [7, 11) is -2.11. The molecule has 0 heterocycles. The lowest BCUT2D eigenvalue weighted by atomic mass is 10.8. The van der Waals surface area contributed by atoms with Crippen LogP contribution in [-0.4, -0.2) is 5.66 Å². The minimum atomic E-state index is -3.75. The molecule has 1 unspecified atom stereocenters. The number of rotatable bonds is 1. The molecular formula is C2HF3NP. The first-order chi connectivity index (χ1) is 3.12. The summed E-state index contributed by atoms with van der Waals surface area (Å²) in [5.41, 5.74) is -3.75. The van der Waals surface area contributed by atoms with Gasteiger partial charge in [-0.25, -0.2) is 4.20 Å². The molecule has 0 amide bonds. The monoisotopic (exact) mass is 127 g/mol. The van der Waals surface area contributed by atoms with Crippen LogP contribution in [0.15, 0.2) is 0 Å². The van der Waals surface area contributed by atoms with Crippen LogP contribution < -0.4 is 0 Å². The second-order valence-electron chi connectivity index (χ2n) is 0.781. The maximum absolute atomic E-state index is 11.2. The molecule has 0 aliphatic heterocycles. The second kappa shape index (κ2) is 2.13. The summed E-state index contributed by atoms with van der Waals surface area (Å²) in [6, 6.07) is 0.495. The zero-order valence-electron chi connectivity index (χ0n) is 3.08. The topological polar surface area (TPSA) is 23.8 Å². The molecule has 0 aromatic carbocycles. The third-order valence-corrected chi connectivity index (χ3v) is 0.608. The lowest BCUT2D eigenvalue weighted by Gasteiger charge is -1.94. The molecule has 40 valence electrons. The van der Waals surface area contributed by atoms with Gasteiger partial charge in [-0.05, 0) is 0 Å². The van der Waals surface area contributed by atoms with Crippen molar-refractivity contribution in [1.29, 1.82) is 5.26 Å². The van der Waals surface area contributed by atoms with E-state index >= 15 is 0 Å². The molecule has 0 saturated heterocycles. The second-order valence-corrected chi connectivity index (χ2v) is 1.60. The Morgan fingerprint density at radius 3 is 2.00 bits per heavy atom. The van der Waals surface area contributed by atoms with Gasteiger partial charge >= 0.3 is 5.66 Å². The van der Waals surface area contributed by atoms with Crippen LogP contribution in [0.1, 0.15) is 0 Å². The van der Waals surface area contributed by atoms with Crippen molar-refractivity contribution in [3.05, 3.63) is 0 Å². The average Bonchev–Trinajstić information content (AvgIpc) is 1.68. The molecule has 0 bridgehead atoms. The van der Waals surface area contributed by atoms with Crippen LogP contribution in [0.25, 0.3) is 0 Å². The van der Waals surface area contributed by atoms with Crippen molar-refractivity contribution >= 4 is 8.89 Å². The fourth-order valence-electron chi connectivity index (χ4n) is 0.0211. The van der Waals surface area contributed by atoms with Crippen molar-refractivity contribution < 1.29 is 13.0 Å². The van der Waals surface area contributed by atoms with E-state index in [-0.39, 0.29) is 0 Å². The highest BCUT2D eigenvalue weighted by atomic mass is 31.1. The summed E-state index contributed by atoms with van der Waals surface area (Å²) in [6.45, 7) is 0.